The second-order valence-electron chi connectivity index (χ2n) is 8.98. The minimum Gasteiger partial charge on any atom is -0.422 e. The van der Waals surface area contributed by atoms with Crippen molar-refractivity contribution in [2.75, 3.05) is 0 Å². The zero-order valence-electron chi connectivity index (χ0n) is 18.9. The lowest BCUT2D eigenvalue weighted by molar-refractivity contribution is -0.139. The largest absolute Gasteiger partial charge is 0.422 e. The third-order valence-corrected chi connectivity index (χ3v) is 7.04. The van der Waals surface area contributed by atoms with Gasteiger partial charge in [0.2, 0.25) is 5.78 Å². The number of allylic oxidation sites excluding steroid dienone is 2. The third-order valence-electron chi connectivity index (χ3n) is 6.79. The van der Waals surface area contributed by atoms with Crippen LogP contribution in [0.25, 0.3) is 0 Å². The molecule has 0 amide bonds. The second kappa shape index (κ2) is 10.5. The fourth-order valence-electron chi connectivity index (χ4n) is 4.98. The van der Waals surface area contributed by atoms with Crippen LogP contribution < -0.4 is 0 Å². The molecule has 33 heavy (non-hydrogen) atoms. The highest BCUT2D eigenvalue weighted by atomic mass is 35.5. The monoisotopic (exact) mass is 464 g/mol. The number of rotatable bonds is 7. The molecule has 2 aromatic rings. The van der Waals surface area contributed by atoms with Crippen LogP contribution in [0.1, 0.15) is 90.5 Å². The number of ketones is 2. The molecule has 0 N–H and O–H groups in total. The Morgan fingerprint density at radius 3 is 2.12 bits per heavy atom. The summed E-state index contributed by atoms with van der Waals surface area (Å²) in [5.74, 6) is -0.737. The molecule has 0 radical (unpaired) electrons. The summed E-state index contributed by atoms with van der Waals surface area (Å²) in [6.45, 7) is 2.06. The number of fused-ring (bicyclic) bond motifs is 1. The van der Waals surface area contributed by atoms with Crippen LogP contribution in [-0.2, 0) is 9.53 Å². The number of carbonyl (C=O) groups excluding carboxylic acids is 3. The highest BCUT2D eigenvalue weighted by Gasteiger charge is 2.39. The van der Waals surface area contributed by atoms with Crippen molar-refractivity contribution in [3.63, 3.8) is 0 Å². The maximum Gasteiger partial charge on any atom is 0.311 e. The van der Waals surface area contributed by atoms with Gasteiger partial charge in [-0.15, -0.1) is 0 Å². The summed E-state index contributed by atoms with van der Waals surface area (Å²) < 4.78 is 5.62. The summed E-state index contributed by atoms with van der Waals surface area (Å²) in [5.41, 5.74) is 2.35. The van der Waals surface area contributed by atoms with E-state index in [1.165, 1.54) is 5.56 Å². The van der Waals surface area contributed by atoms with Gasteiger partial charge in [0.25, 0.3) is 0 Å². The summed E-state index contributed by atoms with van der Waals surface area (Å²) in [5, 5.41) is 0.716. The number of hydrogen-bond donors (Lipinski definition) is 0. The number of unbranched alkanes of at least 4 members (excludes halogenated alkanes) is 2. The lowest BCUT2D eigenvalue weighted by atomic mass is 9.72. The number of ether oxygens (including phenoxy) is 1. The molecular formula is C28H29ClO4. The fraction of sp³-hybridized carbons (Fsp3) is 0.393. The highest BCUT2D eigenvalue weighted by Crippen LogP contribution is 2.42. The Hall–Kier alpha value is -2.72. The van der Waals surface area contributed by atoms with Gasteiger partial charge in [-0.2, -0.15) is 0 Å². The van der Waals surface area contributed by atoms with Crippen molar-refractivity contribution in [3.05, 3.63) is 81.6 Å². The first kappa shape index (κ1) is 23.4. The molecule has 0 unspecified atom stereocenters. The van der Waals surface area contributed by atoms with Crippen LogP contribution in [0.4, 0.5) is 0 Å². The molecule has 1 saturated carbocycles. The molecule has 1 fully saturated rings. The van der Waals surface area contributed by atoms with Gasteiger partial charge in [-0.25, -0.2) is 0 Å². The fourth-order valence-corrected chi connectivity index (χ4v) is 5.10. The van der Waals surface area contributed by atoms with Gasteiger partial charge in [0.15, 0.2) is 11.5 Å². The van der Waals surface area contributed by atoms with Crippen molar-refractivity contribution in [1.29, 1.82) is 0 Å². The van der Waals surface area contributed by atoms with Gasteiger partial charge >= 0.3 is 5.97 Å². The molecule has 4 rings (SSSR count). The minimum atomic E-state index is -0.439. The van der Waals surface area contributed by atoms with E-state index in [0.717, 1.165) is 38.5 Å². The van der Waals surface area contributed by atoms with Crippen molar-refractivity contribution < 1.29 is 19.1 Å². The van der Waals surface area contributed by atoms with Gasteiger partial charge in [-0.3, -0.25) is 14.4 Å². The third kappa shape index (κ3) is 5.11. The molecule has 0 bridgehead atoms. The number of Topliss-reactive ketones (excluding diaryl/α,β-unsaturated/α-hetero) is 2. The summed E-state index contributed by atoms with van der Waals surface area (Å²) in [7, 11) is 0. The van der Waals surface area contributed by atoms with Crippen molar-refractivity contribution in [3.8, 4) is 0 Å². The first-order valence-electron chi connectivity index (χ1n) is 11.9. The molecule has 172 valence electrons. The van der Waals surface area contributed by atoms with E-state index >= 15 is 0 Å². The predicted molar refractivity (Wildman–Crippen MR) is 129 cm³/mol. The average molecular weight is 465 g/mol. The first-order valence-corrected chi connectivity index (χ1v) is 12.3. The number of benzene rings is 2. The lowest BCUT2D eigenvalue weighted by Gasteiger charge is -2.32. The van der Waals surface area contributed by atoms with E-state index in [2.05, 4.69) is 19.1 Å². The smallest absolute Gasteiger partial charge is 0.311 e. The van der Waals surface area contributed by atoms with E-state index in [1.807, 2.05) is 12.1 Å². The number of hydrogen-bond acceptors (Lipinski definition) is 4. The van der Waals surface area contributed by atoms with Crippen LogP contribution in [0.2, 0.25) is 5.02 Å². The SMILES string of the molecule is CCCCCC(=O)OC1=C([C@H]2CC[C@H](c3ccc(Cl)cc3)CC2)C(=O)c2ccccc2C1=O. The molecule has 5 heteroatoms. The van der Waals surface area contributed by atoms with Crippen molar-refractivity contribution in [2.24, 2.45) is 5.92 Å². The molecule has 0 saturated heterocycles. The summed E-state index contributed by atoms with van der Waals surface area (Å²) in [4.78, 5) is 39.3. The normalized spacial score (nSPS) is 20.5. The summed E-state index contributed by atoms with van der Waals surface area (Å²) >= 11 is 6.03. The molecule has 2 aromatic carbocycles. The van der Waals surface area contributed by atoms with Gasteiger partial charge in [0.1, 0.15) is 0 Å². The molecule has 2 aliphatic carbocycles. The van der Waals surface area contributed by atoms with E-state index < -0.39 is 5.97 Å². The van der Waals surface area contributed by atoms with Crippen molar-refractivity contribution >= 4 is 29.1 Å². The van der Waals surface area contributed by atoms with Crippen molar-refractivity contribution in [1.82, 2.24) is 0 Å². The van der Waals surface area contributed by atoms with Gasteiger partial charge in [-0.1, -0.05) is 67.8 Å². The standard InChI is InChI=1S/C28H29ClO4/c1-2-3-4-9-24(30)33-28-25(26(31)22-7-5-6-8-23(22)27(28)32)20-12-10-18(11-13-20)19-14-16-21(29)17-15-19/h5-8,14-18,20H,2-4,9-13H2,1H3/t18-,20-. The molecule has 0 aromatic heterocycles. The molecule has 0 aliphatic heterocycles. The number of carbonyl (C=O) groups is 3. The van der Waals surface area contributed by atoms with Gasteiger partial charge in [-0.05, 0) is 61.6 Å². The zero-order valence-corrected chi connectivity index (χ0v) is 19.7. The van der Waals surface area contributed by atoms with Gasteiger partial charge in [0.05, 0.1) is 5.57 Å². The Morgan fingerprint density at radius 1 is 0.879 bits per heavy atom. The van der Waals surface area contributed by atoms with Crippen LogP contribution in [-0.4, -0.2) is 17.5 Å². The van der Waals surface area contributed by atoms with Crippen LogP contribution >= 0.6 is 11.6 Å². The second-order valence-corrected chi connectivity index (χ2v) is 9.41. The van der Waals surface area contributed by atoms with E-state index in [9.17, 15) is 14.4 Å². The van der Waals surface area contributed by atoms with Gasteiger partial charge in [0, 0.05) is 22.6 Å². The summed E-state index contributed by atoms with van der Waals surface area (Å²) in [6, 6.07) is 14.7. The van der Waals surface area contributed by atoms with Crippen LogP contribution in [0.15, 0.2) is 59.9 Å². The van der Waals surface area contributed by atoms with Crippen LogP contribution in [0, 0.1) is 5.92 Å². The topological polar surface area (TPSA) is 60.4 Å². The average Bonchev–Trinajstić information content (AvgIpc) is 2.83. The highest BCUT2D eigenvalue weighted by molar-refractivity contribution is 6.30. The molecular weight excluding hydrogens is 436 g/mol. The Labute approximate surface area is 200 Å². The Morgan fingerprint density at radius 2 is 1.48 bits per heavy atom. The molecule has 4 nitrogen and oxygen atoms in total. The predicted octanol–water partition coefficient (Wildman–Crippen LogP) is 7.07. The minimum absolute atomic E-state index is 0.0462. The molecule has 0 heterocycles. The Kier molecular flexibility index (Phi) is 7.44. The van der Waals surface area contributed by atoms with E-state index in [0.29, 0.717) is 34.1 Å². The van der Waals surface area contributed by atoms with Crippen molar-refractivity contribution in [2.45, 2.75) is 64.2 Å². The van der Waals surface area contributed by atoms with E-state index in [1.54, 1.807) is 24.3 Å². The maximum absolute atomic E-state index is 13.5. The maximum atomic E-state index is 13.5. The number of halogens is 1. The molecule has 2 aliphatic rings. The summed E-state index contributed by atoms with van der Waals surface area (Å²) in [6.07, 6.45) is 6.20. The zero-order chi connectivity index (χ0) is 23.4. The Bertz CT molecular complexity index is 1080. The Balaban J connectivity index is 1.59. The number of esters is 1. The van der Waals surface area contributed by atoms with Crippen LogP contribution in [0.3, 0.4) is 0 Å². The molecule has 0 atom stereocenters. The van der Waals surface area contributed by atoms with E-state index in [4.69, 9.17) is 16.3 Å². The lowest BCUT2D eigenvalue weighted by Crippen LogP contribution is -2.30. The first-order chi connectivity index (χ1) is 16.0. The van der Waals surface area contributed by atoms with Crippen LogP contribution in [0.5, 0.6) is 0 Å². The molecule has 0 spiro atoms. The van der Waals surface area contributed by atoms with E-state index in [-0.39, 0.29) is 29.7 Å². The van der Waals surface area contributed by atoms with Gasteiger partial charge < -0.3 is 4.74 Å². The quantitative estimate of drug-likeness (QED) is 0.324.